The standard InChI is InChI=1S/C27H27N2O4S/c1-20-25(32-19-21-12-6-3-7-13-21)26-24(28(2)27(33-26)22-14-8-4-9-15-22)18-29(20)34(30,31)23-16-10-5-11-17-23/h3-17,20,25H,18-19H2,1-2H3/q+1/t20-,25+/m0/s1. The van der Waals surface area contributed by atoms with Crippen molar-refractivity contribution in [2.45, 2.75) is 37.1 Å². The van der Waals surface area contributed by atoms with Crippen LogP contribution in [0.3, 0.4) is 0 Å². The number of aromatic nitrogens is 1. The molecule has 5 rings (SSSR count). The molecule has 0 bridgehead atoms. The Morgan fingerprint density at radius 3 is 2.18 bits per heavy atom. The van der Waals surface area contributed by atoms with Crippen LogP contribution in [0, 0.1) is 0 Å². The maximum atomic E-state index is 13.6. The fraction of sp³-hybridized carbons (Fsp3) is 0.222. The summed E-state index contributed by atoms with van der Waals surface area (Å²) in [5, 5.41) is 0. The highest BCUT2D eigenvalue weighted by molar-refractivity contribution is 7.89. The molecule has 1 aliphatic heterocycles. The molecule has 0 aliphatic carbocycles. The number of fused-ring (bicyclic) bond motifs is 1. The first-order chi connectivity index (χ1) is 16.5. The van der Waals surface area contributed by atoms with Gasteiger partial charge in [-0.25, -0.2) is 8.42 Å². The Labute approximate surface area is 200 Å². The van der Waals surface area contributed by atoms with E-state index in [0.29, 0.717) is 18.3 Å². The minimum atomic E-state index is -3.74. The Morgan fingerprint density at radius 2 is 1.53 bits per heavy atom. The molecular weight excluding hydrogens is 448 g/mol. The molecule has 0 fully saturated rings. The van der Waals surface area contributed by atoms with Crippen molar-refractivity contribution in [3.63, 3.8) is 0 Å². The van der Waals surface area contributed by atoms with Crippen LogP contribution in [0.25, 0.3) is 11.5 Å². The summed E-state index contributed by atoms with van der Waals surface area (Å²) in [4.78, 5) is 0.265. The molecule has 7 heteroatoms. The topological polar surface area (TPSA) is 63.6 Å². The fourth-order valence-corrected chi connectivity index (χ4v) is 6.04. The second-order valence-corrected chi connectivity index (χ2v) is 10.4. The Balaban J connectivity index is 1.58. The molecule has 0 saturated carbocycles. The van der Waals surface area contributed by atoms with Crippen LogP contribution in [0.2, 0.25) is 0 Å². The highest BCUT2D eigenvalue weighted by Crippen LogP contribution is 2.39. The third-order valence-electron chi connectivity index (χ3n) is 6.30. The average molecular weight is 476 g/mol. The Kier molecular flexibility index (Phi) is 6.08. The van der Waals surface area contributed by atoms with Crippen LogP contribution in [0.15, 0.2) is 100 Å². The summed E-state index contributed by atoms with van der Waals surface area (Å²) < 4.78 is 43.5. The van der Waals surface area contributed by atoms with Gasteiger partial charge in [0.1, 0.15) is 19.7 Å². The monoisotopic (exact) mass is 475 g/mol. The van der Waals surface area contributed by atoms with Gasteiger partial charge in [-0.05, 0) is 36.8 Å². The molecule has 0 unspecified atom stereocenters. The second kappa shape index (κ2) is 9.18. The third-order valence-corrected chi connectivity index (χ3v) is 8.25. The van der Waals surface area contributed by atoms with Crippen LogP contribution in [-0.2, 0) is 35.0 Å². The van der Waals surface area contributed by atoms with Gasteiger partial charge in [0, 0.05) is 0 Å². The van der Waals surface area contributed by atoms with Crippen molar-refractivity contribution < 1.29 is 22.1 Å². The number of sulfonamides is 1. The number of hydrogen-bond donors (Lipinski definition) is 0. The molecule has 2 heterocycles. The summed E-state index contributed by atoms with van der Waals surface area (Å²) >= 11 is 0. The van der Waals surface area contributed by atoms with E-state index in [1.165, 1.54) is 4.31 Å². The van der Waals surface area contributed by atoms with Gasteiger partial charge in [-0.3, -0.25) is 0 Å². The number of ether oxygens (including phenoxy) is 1. The molecule has 1 aromatic heterocycles. The van der Waals surface area contributed by atoms with Crippen molar-refractivity contribution in [2.75, 3.05) is 0 Å². The van der Waals surface area contributed by atoms with Crippen molar-refractivity contribution in [2.24, 2.45) is 7.05 Å². The second-order valence-electron chi connectivity index (χ2n) is 8.46. The van der Waals surface area contributed by atoms with Gasteiger partial charge in [0.25, 0.3) is 0 Å². The van der Waals surface area contributed by atoms with E-state index in [2.05, 4.69) is 0 Å². The summed E-state index contributed by atoms with van der Waals surface area (Å²) in [6.45, 7) is 2.43. The number of rotatable bonds is 6. The van der Waals surface area contributed by atoms with Crippen molar-refractivity contribution in [3.05, 3.63) is 108 Å². The van der Waals surface area contributed by atoms with E-state index in [-0.39, 0.29) is 11.4 Å². The predicted molar refractivity (Wildman–Crippen MR) is 128 cm³/mol. The van der Waals surface area contributed by atoms with E-state index in [1.54, 1.807) is 24.3 Å². The van der Waals surface area contributed by atoms with Gasteiger partial charge in [0.15, 0.2) is 0 Å². The number of benzene rings is 3. The smallest absolute Gasteiger partial charge is 0.380 e. The van der Waals surface area contributed by atoms with Gasteiger partial charge in [0.05, 0.1) is 23.1 Å². The largest absolute Gasteiger partial charge is 0.400 e. The first kappa shape index (κ1) is 22.5. The molecule has 0 radical (unpaired) electrons. The molecule has 0 spiro atoms. The molecule has 174 valence electrons. The average Bonchev–Trinajstić information content (AvgIpc) is 3.20. The van der Waals surface area contributed by atoms with Crippen molar-refractivity contribution in [1.82, 2.24) is 4.31 Å². The molecular formula is C27H27N2O4S+. The molecule has 0 saturated heterocycles. The summed E-state index contributed by atoms with van der Waals surface area (Å²) in [6.07, 6.45) is -0.564. The predicted octanol–water partition coefficient (Wildman–Crippen LogP) is 4.62. The molecule has 0 N–H and O–H groups in total. The summed E-state index contributed by atoms with van der Waals surface area (Å²) in [5.74, 6) is 1.34. The van der Waals surface area contributed by atoms with Crippen LogP contribution in [0.4, 0.5) is 0 Å². The number of hydrogen-bond acceptors (Lipinski definition) is 4. The van der Waals surface area contributed by atoms with Crippen LogP contribution < -0.4 is 4.57 Å². The third kappa shape index (κ3) is 4.07. The van der Waals surface area contributed by atoms with Gasteiger partial charge >= 0.3 is 5.89 Å². The van der Waals surface area contributed by atoms with E-state index in [4.69, 9.17) is 9.15 Å². The first-order valence-electron chi connectivity index (χ1n) is 11.3. The van der Waals surface area contributed by atoms with Crippen molar-refractivity contribution in [3.8, 4) is 11.5 Å². The van der Waals surface area contributed by atoms with E-state index in [0.717, 1.165) is 16.8 Å². The van der Waals surface area contributed by atoms with E-state index in [1.807, 2.05) is 85.3 Å². The van der Waals surface area contributed by atoms with Crippen LogP contribution in [0.5, 0.6) is 0 Å². The van der Waals surface area contributed by atoms with E-state index < -0.39 is 22.2 Å². The van der Waals surface area contributed by atoms with Crippen molar-refractivity contribution >= 4 is 10.0 Å². The Morgan fingerprint density at radius 1 is 0.941 bits per heavy atom. The Hall–Kier alpha value is -3.26. The number of oxazole rings is 1. The number of nitrogens with zero attached hydrogens (tertiary/aromatic N) is 2. The molecule has 0 amide bonds. The minimum absolute atomic E-state index is 0.200. The maximum absolute atomic E-state index is 13.6. The lowest BCUT2D eigenvalue weighted by molar-refractivity contribution is -0.671. The molecule has 3 aromatic carbocycles. The molecule has 6 nitrogen and oxygen atoms in total. The van der Waals surface area contributed by atoms with E-state index >= 15 is 0 Å². The lowest BCUT2D eigenvalue weighted by Crippen LogP contribution is -2.49. The van der Waals surface area contributed by atoms with Crippen LogP contribution in [-0.4, -0.2) is 18.8 Å². The van der Waals surface area contributed by atoms with Crippen molar-refractivity contribution in [1.29, 1.82) is 0 Å². The summed E-state index contributed by atoms with van der Waals surface area (Å²) in [7, 11) is -1.84. The minimum Gasteiger partial charge on any atom is -0.400 e. The molecule has 4 aromatic rings. The fourth-order valence-electron chi connectivity index (χ4n) is 4.43. The first-order valence-corrected chi connectivity index (χ1v) is 12.7. The summed E-state index contributed by atoms with van der Waals surface area (Å²) in [5.41, 5.74) is 2.72. The lowest BCUT2D eigenvalue weighted by Gasteiger charge is -2.35. The van der Waals surface area contributed by atoms with Gasteiger partial charge < -0.3 is 9.15 Å². The highest BCUT2D eigenvalue weighted by Gasteiger charge is 2.47. The lowest BCUT2D eigenvalue weighted by atomic mass is 10.0. The highest BCUT2D eigenvalue weighted by atomic mass is 32.2. The van der Waals surface area contributed by atoms with Crippen LogP contribution in [0.1, 0.15) is 30.0 Å². The van der Waals surface area contributed by atoms with Gasteiger partial charge in [-0.1, -0.05) is 66.7 Å². The van der Waals surface area contributed by atoms with Gasteiger partial charge in [-0.2, -0.15) is 8.87 Å². The summed E-state index contributed by atoms with van der Waals surface area (Å²) in [6, 6.07) is 27.7. The molecule has 34 heavy (non-hydrogen) atoms. The van der Waals surface area contributed by atoms with Gasteiger partial charge in [-0.15, -0.1) is 0 Å². The zero-order valence-electron chi connectivity index (χ0n) is 19.2. The quantitative estimate of drug-likeness (QED) is 0.382. The van der Waals surface area contributed by atoms with Gasteiger partial charge in [0.2, 0.25) is 21.5 Å². The zero-order chi connectivity index (χ0) is 23.7. The van der Waals surface area contributed by atoms with E-state index in [9.17, 15) is 8.42 Å². The molecule has 2 atom stereocenters. The molecule has 1 aliphatic rings. The Bertz CT molecular complexity index is 1370. The maximum Gasteiger partial charge on any atom is 0.380 e. The van der Waals surface area contributed by atoms with Crippen LogP contribution >= 0.6 is 0 Å². The SMILES string of the molecule is C[C@H]1[C@@H](OCc2ccccc2)c2oc(-c3ccccc3)[n+](C)c2CN1S(=O)(=O)c1ccccc1. The normalized spacial score (nSPS) is 18.5. The zero-order valence-corrected chi connectivity index (χ0v) is 20.0.